The van der Waals surface area contributed by atoms with E-state index in [-0.39, 0.29) is 6.79 Å². The van der Waals surface area contributed by atoms with E-state index in [0.29, 0.717) is 0 Å². The lowest BCUT2D eigenvalue weighted by atomic mass is 10.1. The van der Waals surface area contributed by atoms with Gasteiger partial charge < -0.3 is 9.47 Å². The fraction of sp³-hybridized carbons (Fsp3) is 0.200. The summed E-state index contributed by atoms with van der Waals surface area (Å²) in [6.07, 6.45) is 1.77. The van der Waals surface area contributed by atoms with Crippen LogP contribution in [0.5, 0.6) is 11.5 Å². The Morgan fingerprint density at radius 3 is 2.70 bits per heavy atom. The number of ether oxygens (including phenoxy) is 2. The molecule has 0 bridgehead atoms. The van der Waals surface area contributed by atoms with Crippen LogP contribution in [0, 0.1) is 6.92 Å². The molecule has 0 N–H and O–H groups in total. The molecule has 0 spiro atoms. The molecule has 0 atom stereocenters. The lowest BCUT2D eigenvalue weighted by Crippen LogP contribution is -1.96. The average molecular weight is 267 g/mol. The van der Waals surface area contributed by atoms with E-state index in [1.807, 2.05) is 29.9 Å². The van der Waals surface area contributed by atoms with Crippen molar-refractivity contribution in [3.8, 4) is 22.9 Å². The fourth-order valence-corrected chi connectivity index (χ4v) is 2.54. The van der Waals surface area contributed by atoms with Crippen molar-refractivity contribution in [2.45, 2.75) is 6.92 Å². The summed E-state index contributed by atoms with van der Waals surface area (Å²) < 4.78 is 12.7. The Morgan fingerprint density at radius 1 is 1.15 bits per heavy atom. The maximum atomic E-state index is 5.42. The molecule has 3 aromatic rings. The summed E-state index contributed by atoms with van der Waals surface area (Å²) in [7, 11) is 1.91. The van der Waals surface area contributed by atoms with Crippen molar-refractivity contribution in [1.29, 1.82) is 0 Å². The summed E-state index contributed by atoms with van der Waals surface area (Å²) in [6, 6.07) is 7.96. The first kappa shape index (κ1) is 11.3. The molecule has 1 aliphatic heterocycles. The van der Waals surface area contributed by atoms with Crippen molar-refractivity contribution < 1.29 is 9.47 Å². The number of aromatic nitrogens is 3. The number of hydrogen-bond donors (Lipinski definition) is 0. The third-order valence-corrected chi connectivity index (χ3v) is 3.59. The Labute approximate surface area is 115 Å². The molecule has 0 saturated heterocycles. The lowest BCUT2D eigenvalue weighted by molar-refractivity contribution is 0.174. The largest absolute Gasteiger partial charge is 0.454 e. The minimum Gasteiger partial charge on any atom is -0.454 e. The second kappa shape index (κ2) is 3.96. The zero-order valence-electron chi connectivity index (χ0n) is 11.3. The van der Waals surface area contributed by atoms with E-state index in [1.54, 1.807) is 6.20 Å². The summed E-state index contributed by atoms with van der Waals surface area (Å²) in [5, 5.41) is 5.28. The predicted molar refractivity (Wildman–Crippen MR) is 74.8 cm³/mol. The van der Waals surface area contributed by atoms with Gasteiger partial charge in [-0.05, 0) is 30.7 Å². The highest BCUT2D eigenvalue weighted by Crippen LogP contribution is 2.37. The molecule has 5 nitrogen and oxygen atoms in total. The molecule has 0 aliphatic carbocycles. The molecule has 0 radical (unpaired) electrons. The third kappa shape index (κ3) is 1.56. The maximum absolute atomic E-state index is 5.42. The molecule has 1 aromatic carbocycles. The number of benzene rings is 1. The van der Waals surface area contributed by atoms with Crippen molar-refractivity contribution in [2.24, 2.45) is 7.05 Å². The van der Waals surface area contributed by atoms with Crippen LogP contribution in [0.2, 0.25) is 0 Å². The first-order valence-corrected chi connectivity index (χ1v) is 6.42. The summed E-state index contributed by atoms with van der Waals surface area (Å²) in [5.41, 5.74) is 3.97. The zero-order valence-corrected chi connectivity index (χ0v) is 11.3. The van der Waals surface area contributed by atoms with Gasteiger partial charge in [-0.2, -0.15) is 5.10 Å². The highest BCUT2D eigenvalue weighted by Gasteiger charge is 2.16. The molecule has 0 saturated carbocycles. The van der Waals surface area contributed by atoms with Crippen LogP contribution in [0.15, 0.2) is 30.5 Å². The summed E-state index contributed by atoms with van der Waals surface area (Å²) in [4.78, 5) is 4.72. The van der Waals surface area contributed by atoms with E-state index in [1.165, 1.54) is 0 Å². The highest BCUT2D eigenvalue weighted by atomic mass is 16.7. The molecule has 20 heavy (non-hydrogen) atoms. The van der Waals surface area contributed by atoms with E-state index in [2.05, 4.69) is 18.1 Å². The minimum absolute atomic E-state index is 0.277. The zero-order chi connectivity index (χ0) is 13.7. The second-order valence-corrected chi connectivity index (χ2v) is 4.89. The van der Waals surface area contributed by atoms with Gasteiger partial charge in [-0.15, -0.1) is 0 Å². The van der Waals surface area contributed by atoms with Crippen LogP contribution in [-0.4, -0.2) is 21.6 Å². The van der Waals surface area contributed by atoms with E-state index >= 15 is 0 Å². The van der Waals surface area contributed by atoms with Crippen LogP contribution in [0.4, 0.5) is 0 Å². The number of pyridine rings is 1. The number of fused-ring (bicyclic) bond motifs is 2. The van der Waals surface area contributed by atoms with Crippen molar-refractivity contribution in [3.05, 3.63) is 36.0 Å². The molecular formula is C15H13N3O2. The van der Waals surface area contributed by atoms with Gasteiger partial charge in [0.25, 0.3) is 0 Å². The predicted octanol–water partition coefficient (Wildman–Crippen LogP) is 2.67. The van der Waals surface area contributed by atoms with Crippen molar-refractivity contribution in [2.75, 3.05) is 6.79 Å². The first-order chi connectivity index (χ1) is 9.72. The quantitative estimate of drug-likeness (QED) is 0.680. The SMILES string of the molecule is Cc1cc(-c2ccnn2C)nc2cc3c(cc12)OCO3. The smallest absolute Gasteiger partial charge is 0.231 e. The van der Waals surface area contributed by atoms with Gasteiger partial charge in [0.05, 0.1) is 16.9 Å². The van der Waals surface area contributed by atoms with Crippen LogP contribution in [-0.2, 0) is 7.05 Å². The lowest BCUT2D eigenvalue weighted by Gasteiger charge is -2.08. The molecular weight excluding hydrogens is 254 g/mol. The maximum Gasteiger partial charge on any atom is 0.231 e. The number of hydrogen-bond acceptors (Lipinski definition) is 4. The Kier molecular flexibility index (Phi) is 2.24. The number of rotatable bonds is 1. The Hall–Kier alpha value is -2.56. The standard InChI is InChI=1S/C15H13N3O2/c1-9-5-12(13-3-4-16-18(13)2)17-11-7-15-14(6-10(9)11)19-8-20-15/h3-7H,8H2,1-2H3. The van der Waals surface area contributed by atoms with Gasteiger partial charge in [-0.1, -0.05) is 0 Å². The van der Waals surface area contributed by atoms with Gasteiger partial charge in [0.15, 0.2) is 11.5 Å². The van der Waals surface area contributed by atoms with Gasteiger partial charge in [-0.25, -0.2) is 4.98 Å². The summed E-state index contributed by atoms with van der Waals surface area (Å²) in [5.74, 6) is 1.54. The molecule has 0 unspecified atom stereocenters. The first-order valence-electron chi connectivity index (χ1n) is 6.42. The van der Waals surface area contributed by atoms with E-state index < -0.39 is 0 Å². The Morgan fingerprint density at radius 2 is 1.95 bits per heavy atom. The number of aryl methyl sites for hydroxylation is 2. The third-order valence-electron chi connectivity index (χ3n) is 3.59. The molecule has 1 aliphatic rings. The average Bonchev–Trinajstić information content (AvgIpc) is 3.04. The van der Waals surface area contributed by atoms with Gasteiger partial charge in [0.1, 0.15) is 0 Å². The molecule has 0 fully saturated rings. The summed E-state index contributed by atoms with van der Waals surface area (Å²) in [6.45, 7) is 2.35. The van der Waals surface area contributed by atoms with Crippen LogP contribution < -0.4 is 9.47 Å². The fourth-order valence-electron chi connectivity index (χ4n) is 2.54. The van der Waals surface area contributed by atoms with Crippen LogP contribution >= 0.6 is 0 Å². The molecule has 5 heteroatoms. The molecule has 100 valence electrons. The molecule has 4 rings (SSSR count). The molecule has 3 heterocycles. The molecule has 0 amide bonds. The Bertz CT molecular complexity index is 823. The second-order valence-electron chi connectivity index (χ2n) is 4.89. The number of nitrogens with zero attached hydrogens (tertiary/aromatic N) is 3. The topological polar surface area (TPSA) is 49.2 Å². The van der Waals surface area contributed by atoms with Crippen molar-refractivity contribution in [3.63, 3.8) is 0 Å². The van der Waals surface area contributed by atoms with Gasteiger partial charge in [-0.3, -0.25) is 4.68 Å². The van der Waals surface area contributed by atoms with Crippen LogP contribution in [0.25, 0.3) is 22.3 Å². The monoisotopic (exact) mass is 267 g/mol. The Balaban J connectivity index is 1.98. The van der Waals surface area contributed by atoms with Crippen molar-refractivity contribution >= 4 is 10.9 Å². The van der Waals surface area contributed by atoms with E-state index in [9.17, 15) is 0 Å². The van der Waals surface area contributed by atoms with Gasteiger partial charge in [0, 0.05) is 24.7 Å². The summed E-state index contributed by atoms with van der Waals surface area (Å²) >= 11 is 0. The van der Waals surface area contributed by atoms with E-state index in [0.717, 1.165) is 39.4 Å². The van der Waals surface area contributed by atoms with Crippen molar-refractivity contribution in [1.82, 2.24) is 14.8 Å². The normalized spacial score (nSPS) is 13.1. The van der Waals surface area contributed by atoms with E-state index in [4.69, 9.17) is 14.5 Å². The minimum atomic E-state index is 0.277. The van der Waals surface area contributed by atoms with Crippen LogP contribution in [0.1, 0.15) is 5.56 Å². The van der Waals surface area contributed by atoms with Gasteiger partial charge in [0.2, 0.25) is 6.79 Å². The highest BCUT2D eigenvalue weighted by molar-refractivity contribution is 5.88. The van der Waals surface area contributed by atoms with Crippen LogP contribution in [0.3, 0.4) is 0 Å². The molecule has 2 aromatic heterocycles. The van der Waals surface area contributed by atoms with Gasteiger partial charge >= 0.3 is 0 Å².